The first-order valence-corrected chi connectivity index (χ1v) is 11.5. The Balaban J connectivity index is 1.57. The number of hydrogen-bond donors (Lipinski definition) is 3. The second-order valence-corrected chi connectivity index (χ2v) is 8.87. The van der Waals surface area contributed by atoms with E-state index in [2.05, 4.69) is 25.6 Å². The molecule has 34 heavy (non-hydrogen) atoms. The van der Waals surface area contributed by atoms with Crippen LogP contribution in [0.4, 0.5) is 11.5 Å². The molecule has 0 spiro atoms. The van der Waals surface area contributed by atoms with Crippen LogP contribution < -0.4 is 10.6 Å². The zero-order valence-electron chi connectivity index (χ0n) is 18.6. The number of thiazole rings is 1. The summed E-state index contributed by atoms with van der Waals surface area (Å²) < 4.78 is 0. The topological polar surface area (TPSA) is 117 Å². The van der Waals surface area contributed by atoms with E-state index in [-0.39, 0.29) is 5.91 Å². The third-order valence-corrected chi connectivity index (χ3v) is 5.90. The molecule has 2 heterocycles. The number of rotatable bonds is 8. The van der Waals surface area contributed by atoms with Crippen LogP contribution in [0, 0.1) is 5.92 Å². The fourth-order valence-corrected chi connectivity index (χ4v) is 4.13. The molecule has 0 aliphatic carbocycles. The van der Waals surface area contributed by atoms with E-state index in [0.717, 1.165) is 5.56 Å². The Morgan fingerprint density at radius 2 is 1.76 bits per heavy atom. The minimum atomic E-state index is -1.02. The van der Waals surface area contributed by atoms with Crippen LogP contribution in [0.15, 0.2) is 73.1 Å². The number of nitrogens with zero attached hydrogens (tertiary/aromatic N) is 3. The summed E-state index contributed by atoms with van der Waals surface area (Å²) in [7, 11) is 0. The van der Waals surface area contributed by atoms with Crippen LogP contribution >= 0.6 is 11.3 Å². The average molecular weight is 474 g/mol. The van der Waals surface area contributed by atoms with Crippen molar-refractivity contribution < 1.29 is 14.7 Å². The summed E-state index contributed by atoms with van der Waals surface area (Å²) in [6, 6.07) is 15.3. The summed E-state index contributed by atoms with van der Waals surface area (Å²) >= 11 is 1.38. The molecule has 4 aromatic rings. The minimum Gasteiger partial charge on any atom is -0.479 e. The summed E-state index contributed by atoms with van der Waals surface area (Å²) in [5.74, 6) is -0.550. The van der Waals surface area contributed by atoms with Gasteiger partial charge in [-0.05, 0) is 41.8 Å². The molecule has 0 saturated carbocycles. The predicted octanol–water partition coefficient (Wildman–Crippen LogP) is 5.14. The van der Waals surface area contributed by atoms with Gasteiger partial charge in [0.1, 0.15) is 21.7 Å². The largest absolute Gasteiger partial charge is 0.479 e. The average Bonchev–Trinajstić information content (AvgIpc) is 3.27. The number of allylic oxidation sites excluding steroid dienone is 1. The normalized spacial score (nSPS) is 12.2. The summed E-state index contributed by atoms with van der Waals surface area (Å²) in [4.78, 5) is 37.7. The third-order valence-electron chi connectivity index (χ3n) is 4.89. The lowest BCUT2D eigenvalue weighted by Crippen LogP contribution is -2.21. The molecule has 2 aromatic carbocycles. The molecule has 0 bridgehead atoms. The predicted molar refractivity (Wildman–Crippen MR) is 134 cm³/mol. The monoisotopic (exact) mass is 473 g/mol. The van der Waals surface area contributed by atoms with Crippen molar-refractivity contribution in [1.82, 2.24) is 15.0 Å². The Labute approximate surface area is 200 Å². The van der Waals surface area contributed by atoms with E-state index in [1.165, 1.54) is 23.7 Å². The molecular formula is C25H23N5O3S. The van der Waals surface area contributed by atoms with E-state index in [4.69, 9.17) is 0 Å². The minimum absolute atomic E-state index is 0.182. The van der Waals surface area contributed by atoms with E-state index in [1.807, 2.05) is 50.3 Å². The van der Waals surface area contributed by atoms with Crippen LogP contribution in [0.5, 0.6) is 0 Å². The Morgan fingerprint density at radius 1 is 1.03 bits per heavy atom. The lowest BCUT2D eigenvalue weighted by Gasteiger charge is -2.15. The highest BCUT2D eigenvalue weighted by Gasteiger charge is 2.22. The van der Waals surface area contributed by atoms with Gasteiger partial charge in [-0.3, -0.25) is 4.79 Å². The molecular weight excluding hydrogens is 450 g/mol. The molecule has 0 radical (unpaired) electrons. The van der Waals surface area contributed by atoms with Crippen molar-refractivity contribution in [2.75, 3.05) is 10.6 Å². The number of fused-ring (bicyclic) bond motifs is 1. The van der Waals surface area contributed by atoms with Crippen LogP contribution in [-0.2, 0) is 9.59 Å². The van der Waals surface area contributed by atoms with E-state index >= 15 is 0 Å². The molecule has 0 unspecified atom stereocenters. The molecule has 0 saturated heterocycles. The van der Waals surface area contributed by atoms with Gasteiger partial charge in [0.2, 0.25) is 5.91 Å². The Bertz CT molecular complexity index is 1330. The lowest BCUT2D eigenvalue weighted by molar-refractivity contribution is -0.138. The van der Waals surface area contributed by atoms with Crippen molar-refractivity contribution >= 4 is 45.1 Å². The molecule has 8 nitrogen and oxygen atoms in total. The highest BCUT2D eigenvalue weighted by atomic mass is 32.1. The van der Waals surface area contributed by atoms with Gasteiger partial charge >= 0.3 is 5.97 Å². The molecule has 0 aliphatic heterocycles. The molecule has 0 fully saturated rings. The van der Waals surface area contributed by atoms with Gasteiger partial charge in [-0.15, -0.1) is 0 Å². The molecule has 4 rings (SSSR count). The number of nitrogens with one attached hydrogen (secondary N) is 2. The highest BCUT2D eigenvalue weighted by molar-refractivity contribution is 7.21. The number of aliphatic carboxylic acids is 1. The van der Waals surface area contributed by atoms with Gasteiger partial charge in [0, 0.05) is 11.3 Å². The number of amides is 1. The maximum atomic E-state index is 12.0. The second kappa shape index (κ2) is 10.2. The van der Waals surface area contributed by atoms with Gasteiger partial charge in [0.05, 0.1) is 0 Å². The van der Waals surface area contributed by atoms with Crippen molar-refractivity contribution in [3.8, 4) is 10.6 Å². The fourth-order valence-electron chi connectivity index (χ4n) is 3.21. The van der Waals surface area contributed by atoms with Crippen molar-refractivity contribution in [2.45, 2.75) is 19.9 Å². The van der Waals surface area contributed by atoms with Gasteiger partial charge in [-0.2, -0.15) is 0 Å². The first-order chi connectivity index (χ1) is 16.4. The lowest BCUT2D eigenvalue weighted by atomic mass is 10.1. The Morgan fingerprint density at radius 3 is 2.44 bits per heavy atom. The number of carbonyl (C=O) groups excluding carboxylic acids is 1. The number of aromatic nitrogens is 3. The molecule has 1 amide bonds. The van der Waals surface area contributed by atoms with Gasteiger partial charge in [0.15, 0.2) is 11.9 Å². The zero-order valence-corrected chi connectivity index (χ0v) is 19.4. The van der Waals surface area contributed by atoms with Gasteiger partial charge < -0.3 is 15.7 Å². The maximum Gasteiger partial charge on any atom is 0.330 e. The zero-order chi connectivity index (χ0) is 24.1. The number of hydrogen-bond acceptors (Lipinski definition) is 7. The quantitative estimate of drug-likeness (QED) is 0.303. The van der Waals surface area contributed by atoms with Crippen LogP contribution in [0.1, 0.15) is 25.5 Å². The van der Waals surface area contributed by atoms with E-state index in [9.17, 15) is 14.7 Å². The van der Waals surface area contributed by atoms with Gasteiger partial charge in [-0.25, -0.2) is 19.7 Å². The Kier molecular flexibility index (Phi) is 6.93. The smallest absolute Gasteiger partial charge is 0.330 e. The Hall–Kier alpha value is -4.11. The molecule has 172 valence electrons. The van der Waals surface area contributed by atoms with Gasteiger partial charge in [-0.1, -0.05) is 61.6 Å². The van der Waals surface area contributed by atoms with Gasteiger partial charge in [0.25, 0.3) is 0 Å². The van der Waals surface area contributed by atoms with Crippen molar-refractivity contribution in [2.24, 2.45) is 5.92 Å². The van der Waals surface area contributed by atoms with Crippen LogP contribution in [0.3, 0.4) is 0 Å². The SMILES string of the molecule is CC(C)/C=C/C(=O)Nc1ccc(-c2nc3c(N[C@H](C(=O)O)c4ccccc4)ncnc3s2)cc1. The third kappa shape index (κ3) is 5.44. The highest BCUT2D eigenvalue weighted by Crippen LogP contribution is 2.33. The maximum absolute atomic E-state index is 12.0. The van der Waals surface area contributed by atoms with E-state index < -0.39 is 12.0 Å². The molecule has 2 aromatic heterocycles. The van der Waals surface area contributed by atoms with Crippen molar-refractivity contribution in [3.63, 3.8) is 0 Å². The summed E-state index contributed by atoms with van der Waals surface area (Å²) in [6.45, 7) is 4.01. The number of carboxylic acids is 1. The number of carbonyl (C=O) groups is 2. The van der Waals surface area contributed by atoms with E-state index in [0.29, 0.717) is 38.3 Å². The van der Waals surface area contributed by atoms with Crippen LogP contribution in [0.25, 0.3) is 20.9 Å². The number of anilines is 2. The molecule has 0 aliphatic rings. The molecule has 3 N–H and O–H groups in total. The van der Waals surface area contributed by atoms with Crippen LogP contribution in [-0.4, -0.2) is 31.9 Å². The summed E-state index contributed by atoms with van der Waals surface area (Å²) in [5, 5.41) is 16.3. The first kappa shape index (κ1) is 23.1. The summed E-state index contributed by atoms with van der Waals surface area (Å²) in [6.07, 6.45) is 4.75. The summed E-state index contributed by atoms with van der Waals surface area (Å²) in [5.41, 5.74) is 2.64. The van der Waals surface area contributed by atoms with Crippen molar-refractivity contribution in [3.05, 3.63) is 78.6 Å². The number of benzene rings is 2. The van der Waals surface area contributed by atoms with Crippen LogP contribution in [0.2, 0.25) is 0 Å². The number of carboxylic acid groups (broad SMARTS) is 1. The second-order valence-electron chi connectivity index (χ2n) is 7.89. The molecule has 1 atom stereocenters. The van der Waals surface area contributed by atoms with E-state index in [1.54, 1.807) is 24.3 Å². The molecule has 9 heteroatoms. The fraction of sp³-hybridized carbons (Fsp3) is 0.160. The first-order valence-electron chi connectivity index (χ1n) is 10.7. The van der Waals surface area contributed by atoms with Crippen molar-refractivity contribution in [1.29, 1.82) is 0 Å². The standard InChI is InChI=1S/C25H23N5O3S/c1-15(2)8-13-19(31)28-18-11-9-17(10-12-18)23-30-21-22(26-14-27-24(21)34-23)29-20(25(32)33)16-6-4-3-5-7-16/h3-15,20H,1-2H3,(H,28,31)(H,32,33)(H,26,27,29)/b13-8+/t20-/m0/s1.